The summed E-state index contributed by atoms with van der Waals surface area (Å²) in [4.78, 5) is 44.7. The third kappa shape index (κ3) is 2.11. The van der Waals surface area contributed by atoms with Gasteiger partial charge in [0.05, 0.1) is 0 Å². The van der Waals surface area contributed by atoms with E-state index in [-0.39, 0.29) is 0 Å². The predicted octanol–water partition coefficient (Wildman–Crippen LogP) is -0.319. The number of ether oxygens (including phenoxy) is 1. The topological polar surface area (TPSA) is 80.8 Å². The van der Waals surface area contributed by atoms with E-state index < -0.39 is 29.5 Å². The van der Waals surface area contributed by atoms with Crippen molar-refractivity contribution in [2.24, 2.45) is 0 Å². The molecule has 0 saturated heterocycles. The lowest BCUT2D eigenvalue weighted by molar-refractivity contribution is -0.156. The lowest BCUT2D eigenvalue weighted by Crippen LogP contribution is -2.33. The lowest BCUT2D eigenvalue weighted by atomic mass is 10.4. The summed E-state index contributed by atoms with van der Waals surface area (Å²) in [6, 6.07) is 0. The molecule has 1 heterocycles. The summed E-state index contributed by atoms with van der Waals surface area (Å²) in [5, 5.41) is 0. The van der Waals surface area contributed by atoms with Crippen LogP contribution in [0.3, 0.4) is 0 Å². The highest BCUT2D eigenvalue weighted by Gasteiger charge is 2.31. The van der Waals surface area contributed by atoms with Crippen molar-refractivity contribution in [2.75, 3.05) is 0 Å². The Kier molecular flexibility index (Phi) is 3.14. The molecule has 6 nitrogen and oxygen atoms in total. The largest absolute Gasteiger partial charge is 0.385 e. The van der Waals surface area contributed by atoms with Crippen molar-refractivity contribution in [1.29, 1.82) is 0 Å². The van der Waals surface area contributed by atoms with Crippen molar-refractivity contribution in [1.82, 2.24) is 4.90 Å². The number of imide groups is 1. The third-order valence-corrected chi connectivity index (χ3v) is 1.67. The first-order chi connectivity index (χ1) is 7.47. The van der Waals surface area contributed by atoms with Crippen molar-refractivity contribution in [2.45, 2.75) is 0 Å². The summed E-state index contributed by atoms with van der Waals surface area (Å²) in [6.45, 7) is 6.29. The number of hydrogen-bond acceptors (Lipinski definition) is 5. The Balaban J connectivity index is 2.75. The van der Waals surface area contributed by atoms with E-state index in [4.69, 9.17) is 0 Å². The van der Waals surface area contributed by atoms with Gasteiger partial charge in [-0.2, -0.15) is 0 Å². The van der Waals surface area contributed by atoms with Crippen LogP contribution in [0.5, 0.6) is 0 Å². The van der Waals surface area contributed by atoms with Gasteiger partial charge in [-0.25, -0.2) is 14.5 Å². The molecule has 0 aromatic rings. The summed E-state index contributed by atoms with van der Waals surface area (Å²) in [6.07, 6.45) is 2.74. The van der Waals surface area contributed by atoms with Gasteiger partial charge in [-0.05, 0) is 0 Å². The van der Waals surface area contributed by atoms with Crippen LogP contribution in [0.2, 0.25) is 0 Å². The minimum absolute atomic E-state index is 0.513. The van der Waals surface area contributed by atoms with Crippen molar-refractivity contribution in [3.63, 3.8) is 0 Å². The molecule has 0 aliphatic carbocycles. The SMILES string of the molecule is C=CC(=O)OC(=O)C(=C)N1C(=O)C=CC1=O. The van der Waals surface area contributed by atoms with Crippen molar-refractivity contribution in [3.05, 3.63) is 37.1 Å². The highest BCUT2D eigenvalue weighted by Crippen LogP contribution is 2.12. The van der Waals surface area contributed by atoms with E-state index in [2.05, 4.69) is 17.9 Å². The maximum absolute atomic E-state index is 11.2. The van der Waals surface area contributed by atoms with Crippen LogP contribution in [0, 0.1) is 0 Å². The van der Waals surface area contributed by atoms with Gasteiger partial charge in [-0.1, -0.05) is 13.2 Å². The zero-order valence-corrected chi connectivity index (χ0v) is 8.13. The Bertz CT molecular complexity index is 428. The summed E-state index contributed by atoms with van der Waals surface area (Å²) in [5.74, 6) is -3.58. The Morgan fingerprint density at radius 3 is 2.19 bits per heavy atom. The minimum atomic E-state index is -1.17. The first-order valence-electron chi connectivity index (χ1n) is 4.11. The molecule has 0 spiro atoms. The molecule has 0 N–H and O–H groups in total. The average molecular weight is 221 g/mol. The quantitative estimate of drug-likeness (QED) is 0.282. The van der Waals surface area contributed by atoms with Crippen LogP contribution in [-0.4, -0.2) is 28.7 Å². The number of carbonyl (C=O) groups is 4. The molecule has 0 saturated carbocycles. The fourth-order valence-corrected chi connectivity index (χ4v) is 0.950. The van der Waals surface area contributed by atoms with Crippen LogP contribution in [0.15, 0.2) is 37.1 Å². The Hall–Kier alpha value is -2.50. The lowest BCUT2D eigenvalue weighted by Gasteiger charge is -2.13. The van der Waals surface area contributed by atoms with Gasteiger partial charge in [0.2, 0.25) is 0 Å². The second kappa shape index (κ2) is 4.35. The Morgan fingerprint density at radius 2 is 1.75 bits per heavy atom. The van der Waals surface area contributed by atoms with Gasteiger partial charge < -0.3 is 4.74 Å². The monoisotopic (exact) mass is 221 g/mol. The molecule has 0 radical (unpaired) electrons. The first-order valence-corrected chi connectivity index (χ1v) is 4.11. The molecule has 0 fully saturated rings. The van der Waals surface area contributed by atoms with Crippen molar-refractivity contribution < 1.29 is 23.9 Å². The van der Waals surface area contributed by atoms with Crippen LogP contribution in [0.1, 0.15) is 0 Å². The van der Waals surface area contributed by atoms with Gasteiger partial charge in [0.25, 0.3) is 11.8 Å². The fraction of sp³-hybridized carbons (Fsp3) is 0. The Labute approximate surface area is 90.5 Å². The predicted molar refractivity (Wildman–Crippen MR) is 51.4 cm³/mol. The molecule has 6 heteroatoms. The van der Waals surface area contributed by atoms with Crippen LogP contribution in [0.25, 0.3) is 0 Å². The molecule has 0 bridgehead atoms. The van der Waals surface area contributed by atoms with E-state index in [0.717, 1.165) is 18.2 Å². The minimum Gasteiger partial charge on any atom is -0.385 e. The Morgan fingerprint density at radius 1 is 1.25 bits per heavy atom. The van der Waals surface area contributed by atoms with E-state index in [9.17, 15) is 19.2 Å². The molecular formula is C10H7NO5. The van der Waals surface area contributed by atoms with Crippen molar-refractivity contribution >= 4 is 23.8 Å². The van der Waals surface area contributed by atoms with Gasteiger partial charge in [0.1, 0.15) is 5.70 Å². The van der Waals surface area contributed by atoms with Crippen LogP contribution < -0.4 is 0 Å². The summed E-state index contributed by atoms with van der Waals surface area (Å²) in [5.41, 5.74) is -0.518. The first kappa shape index (κ1) is 11.6. The smallest absolute Gasteiger partial charge is 0.362 e. The number of amides is 2. The summed E-state index contributed by atoms with van der Waals surface area (Å²) >= 11 is 0. The number of nitrogens with zero attached hydrogens (tertiary/aromatic N) is 1. The number of carbonyl (C=O) groups excluding carboxylic acids is 4. The van der Waals surface area contributed by atoms with Gasteiger partial charge in [-0.3, -0.25) is 9.59 Å². The maximum atomic E-state index is 11.2. The number of rotatable bonds is 3. The van der Waals surface area contributed by atoms with Crippen LogP contribution >= 0.6 is 0 Å². The van der Waals surface area contributed by atoms with Gasteiger partial charge >= 0.3 is 11.9 Å². The maximum Gasteiger partial charge on any atom is 0.362 e. The molecule has 0 aromatic carbocycles. The molecule has 16 heavy (non-hydrogen) atoms. The molecule has 1 rings (SSSR count). The second-order valence-corrected chi connectivity index (χ2v) is 2.70. The normalized spacial score (nSPS) is 13.9. The molecule has 0 aromatic heterocycles. The van der Waals surface area contributed by atoms with E-state index >= 15 is 0 Å². The second-order valence-electron chi connectivity index (χ2n) is 2.70. The number of esters is 2. The van der Waals surface area contributed by atoms with Gasteiger partial charge in [0.15, 0.2) is 0 Å². The molecule has 0 atom stereocenters. The van der Waals surface area contributed by atoms with Crippen LogP contribution in [-0.2, 0) is 23.9 Å². The van der Waals surface area contributed by atoms with Crippen molar-refractivity contribution in [3.8, 4) is 0 Å². The summed E-state index contributed by atoms with van der Waals surface area (Å²) < 4.78 is 4.20. The molecule has 1 aliphatic rings. The summed E-state index contributed by atoms with van der Waals surface area (Å²) in [7, 11) is 0. The third-order valence-electron chi connectivity index (χ3n) is 1.67. The van der Waals surface area contributed by atoms with Crippen LogP contribution in [0.4, 0.5) is 0 Å². The molecule has 82 valence electrons. The molecular weight excluding hydrogens is 214 g/mol. The molecule has 2 amide bonds. The van der Waals surface area contributed by atoms with E-state index in [0.29, 0.717) is 4.90 Å². The van der Waals surface area contributed by atoms with E-state index in [1.54, 1.807) is 0 Å². The fourth-order valence-electron chi connectivity index (χ4n) is 0.950. The van der Waals surface area contributed by atoms with Gasteiger partial charge in [0, 0.05) is 18.2 Å². The number of hydrogen-bond donors (Lipinski definition) is 0. The van der Waals surface area contributed by atoms with Gasteiger partial charge in [-0.15, -0.1) is 0 Å². The zero-order chi connectivity index (χ0) is 12.3. The zero-order valence-electron chi connectivity index (χ0n) is 8.13. The highest BCUT2D eigenvalue weighted by atomic mass is 16.6. The average Bonchev–Trinajstić information content (AvgIpc) is 2.57. The van der Waals surface area contributed by atoms with E-state index in [1.165, 1.54) is 0 Å². The highest BCUT2D eigenvalue weighted by molar-refractivity contribution is 6.18. The molecule has 0 unspecified atom stereocenters. The van der Waals surface area contributed by atoms with E-state index in [1.807, 2.05) is 0 Å². The standard InChI is InChI=1S/C10H7NO5/c1-3-9(14)16-10(15)6(2)11-7(12)4-5-8(11)13/h3-5H,1-2H2. The molecule has 1 aliphatic heterocycles.